The maximum atomic E-state index is 13.8. The van der Waals surface area contributed by atoms with Gasteiger partial charge in [-0.2, -0.15) is 0 Å². The Morgan fingerprint density at radius 3 is 2.69 bits per heavy atom. The molecule has 8 heteroatoms. The molecule has 1 aliphatic rings. The monoisotopic (exact) mass is 487 g/mol. The van der Waals surface area contributed by atoms with Gasteiger partial charge in [0.15, 0.2) is 10.7 Å². The highest BCUT2D eigenvalue weighted by Crippen LogP contribution is 2.34. The summed E-state index contributed by atoms with van der Waals surface area (Å²) in [5, 5.41) is 1.99. The number of fused-ring (bicyclic) bond motifs is 2. The number of benzene rings is 2. The zero-order valence-electron chi connectivity index (χ0n) is 19.9. The SMILES string of the molecule is CCOC(=O)C1=C(C)N=c2s/c(=C\c3ccc(N(C)C)o3)c(=O)n2[C@H]1c1cccc2ccccc12. The first-order valence-corrected chi connectivity index (χ1v) is 12.1. The van der Waals surface area contributed by atoms with Gasteiger partial charge in [0.2, 0.25) is 0 Å². The molecule has 0 spiro atoms. The Morgan fingerprint density at radius 2 is 1.94 bits per heavy atom. The van der Waals surface area contributed by atoms with Gasteiger partial charge in [0, 0.05) is 26.2 Å². The van der Waals surface area contributed by atoms with E-state index in [2.05, 4.69) is 4.99 Å². The number of anilines is 1. The van der Waals surface area contributed by atoms with Crippen molar-refractivity contribution >= 4 is 40.0 Å². The molecule has 35 heavy (non-hydrogen) atoms. The topological polar surface area (TPSA) is 77.0 Å². The number of hydrogen-bond donors (Lipinski definition) is 0. The van der Waals surface area contributed by atoms with Crippen LogP contribution in [0.1, 0.15) is 31.2 Å². The third kappa shape index (κ3) is 4.00. The Bertz CT molecular complexity index is 1650. The van der Waals surface area contributed by atoms with E-state index < -0.39 is 12.0 Å². The molecule has 4 aromatic rings. The molecule has 1 aliphatic heterocycles. The van der Waals surface area contributed by atoms with Gasteiger partial charge in [0.05, 0.1) is 28.5 Å². The van der Waals surface area contributed by atoms with Crippen molar-refractivity contribution in [2.75, 3.05) is 25.6 Å². The second-order valence-electron chi connectivity index (χ2n) is 8.44. The summed E-state index contributed by atoms with van der Waals surface area (Å²) in [4.78, 5) is 33.9. The number of nitrogens with zero attached hydrogens (tertiary/aromatic N) is 3. The number of esters is 1. The van der Waals surface area contributed by atoms with Gasteiger partial charge in [0.1, 0.15) is 5.76 Å². The molecule has 0 unspecified atom stereocenters. The average molecular weight is 488 g/mol. The van der Waals surface area contributed by atoms with Crippen LogP contribution in [0.2, 0.25) is 0 Å². The van der Waals surface area contributed by atoms with Crippen molar-refractivity contribution in [3.05, 3.63) is 96.9 Å². The van der Waals surface area contributed by atoms with Crippen molar-refractivity contribution in [1.82, 2.24) is 4.57 Å². The van der Waals surface area contributed by atoms with E-state index >= 15 is 0 Å². The van der Waals surface area contributed by atoms with E-state index in [-0.39, 0.29) is 12.2 Å². The Morgan fingerprint density at radius 1 is 1.17 bits per heavy atom. The van der Waals surface area contributed by atoms with Gasteiger partial charge >= 0.3 is 5.97 Å². The number of carbonyl (C=O) groups is 1. The lowest BCUT2D eigenvalue weighted by molar-refractivity contribution is -0.139. The minimum absolute atomic E-state index is 0.231. The number of rotatable bonds is 5. The molecule has 0 N–H and O–H groups in total. The van der Waals surface area contributed by atoms with Crippen LogP contribution in [0.5, 0.6) is 0 Å². The van der Waals surface area contributed by atoms with Gasteiger partial charge in [-0.25, -0.2) is 9.79 Å². The van der Waals surface area contributed by atoms with Crippen LogP contribution in [-0.2, 0) is 9.53 Å². The van der Waals surface area contributed by atoms with Crippen LogP contribution >= 0.6 is 11.3 Å². The average Bonchev–Trinajstić information content (AvgIpc) is 3.43. The van der Waals surface area contributed by atoms with E-state index in [1.54, 1.807) is 24.5 Å². The predicted molar refractivity (Wildman–Crippen MR) is 137 cm³/mol. The van der Waals surface area contributed by atoms with Gasteiger partial charge in [0.25, 0.3) is 5.56 Å². The van der Waals surface area contributed by atoms with Crippen molar-refractivity contribution in [3.63, 3.8) is 0 Å². The Balaban J connectivity index is 1.77. The Kier molecular flexibility index (Phi) is 5.90. The molecule has 0 aliphatic carbocycles. The minimum Gasteiger partial charge on any atom is -0.463 e. The zero-order chi connectivity index (χ0) is 24.7. The molecule has 2 aromatic heterocycles. The second-order valence-corrected chi connectivity index (χ2v) is 9.45. The fraction of sp³-hybridized carbons (Fsp3) is 0.222. The first-order valence-electron chi connectivity index (χ1n) is 11.3. The summed E-state index contributed by atoms with van der Waals surface area (Å²) in [6.07, 6.45) is 1.72. The maximum absolute atomic E-state index is 13.8. The number of ether oxygens (including phenoxy) is 1. The maximum Gasteiger partial charge on any atom is 0.338 e. The number of hydrogen-bond acceptors (Lipinski definition) is 7. The number of allylic oxidation sites excluding steroid dienone is 1. The molecule has 1 atom stereocenters. The van der Waals surface area contributed by atoms with E-state index in [1.165, 1.54) is 11.3 Å². The van der Waals surface area contributed by atoms with Crippen LogP contribution in [0.15, 0.2) is 80.1 Å². The first kappa shape index (κ1) is 22.9. The fourth-order valence-electron chi connectivity index (χ4n) is 4.36. The van der Waals surface area contributed by atoms with Crippen molar-refractivity contribution in [1.29, 1.82) is 0 Å². The largest absolute Gasteiger partial charge is 0.463 e. The number of carbonyl (C=O) groups excluding carboxylic acids is 1. The Hall–Kier alpha value is -3.91. The van der Waals surface area contributed by atoms with E-state index in [4.69, 9.17) is 9.15 Å². The Labute approximate surface area is 205 Å². The van der Waals surface area contributed by atoms with Crippen molar-refractivity contribution in [3.8, 4) is 0 Å². The number of aromatic nitrogens is 1. The second kappa shape index (κ2) is 9.03. The van der Waals surface area contributed by atoms with Crippen LogP contribution in [-0.4, -0.2) is 31.2 Å². The van der Waals surface area contributed by atoms with Crippen molar-refractivity contribution in [2.45, 2.75) is 19.9 Å². The smallest absolute Gasteiger partial charge is 0.338 e. The predicted octanol–water partition coefficient (Wildman–Crippen LogP) is 3.61. The summed E-state index contributed by atoms with van der Waals surface area (Å²) in [6.45, 7) is 3.79. The molecule has 0 saturated heterocycles. The molecule has 0 amide bonds. The third-order valence-corrected chi connectivity index (χ3v) is 6.94. The van der Waals surface area contributed by atoms with E-state index in [9.17, 15) is 9.59 Å². The normalized spacial score (nSPS) is 15.8. The summed E-state index contributed by atoms with van der Waals surface area (Å²) < 4.78 is 13.3. The fourth-order valence-corrected chi connectivity index (χ4v) is 5.39. The molecular formula is C27H25N3O4S. The van der Waals surface area contributed by atoms with E-state index in [1.807, 2.05) is 73.6 Å². The summed E-state index contributed by atoms with van der Waals surface area (Å²) in [6, 6.07) is 16.9. The lowest BCUT2D eigenvalue weighted by Gasteiger charge is -2.25. The summed E-state index contributed by atoms with van der Waals surface area (Å²) in [5.41, 5.74) is 1.53. The van der Waals surface area contributed by atoms with Crippen LogP contribution in [0.3, 0.4) is 0 Å². The van der Waals surface area contributed by atoms with Crippen LogP contribution in [0, 0.1) is 0 Å². The molecule has 2 aromatic carbocycles. The molecule has 0 radical (unpaired) electrons. The standard InChI is InChI=1S/C27H25N3O4S/c1-5-33-26(32)23-16(2)28-27-30(24(23)20-12-8-10-17-9-6-7-11-19(17)20)25(31)21(35-27)15-18-13-14-22(34-18)29(3)4/h6-15,24H,5H2,1-4H3/b21-15-/t24-/m0/s1. The summed E-state index contributed by atoms with van der Waals surface area (Å²) in [5.74, 6) is 0.794. The number of thiazole rings is 1. The molecular weight excluding hydrogens is 462 g/mol. The highest BCUT2D eigenvalue weighted by molar-refractivity contribution is 7.07. The van der Waals surface area contributed by atoms with Crippen molar-refractivity contribution in [2.24, 2.45) is 4.99 Å². The van der Waals surface area contributed by atoms with Gasteiger partial charge in [-0.1, -0.05) is 53.8 Å². The molecule has 0 saturated carbocycles. The third-order valence-electron chi connectivity index (χ3n) is 5.96. The lowest BCUT2D eigenvalue weighted by atomic mass is 9.91. The highest BCUT2D eigenvalue weighted by atomic mass is 32.1. The van der Waals surface area contributed by atoms with Gasteiger partial charge in [-0.15, -0.1) is 0 Å². The zero-order valence-corrected chi connectivity index (χ0v) is 20.8. The van der Waals surface area contributed by atoms with Gasteiger partial charge < -0.3 is 14.1 Å². The first-order chi connectivity index (χ1) is 16.9. The quantitative estimate of drug-likeness (QED) is 0.402. The van der Waals surface area contributed by atoms with Crippen LogP contribution in [0.4, 0.5) is 5.88 Å². The van der Waals surface area contributed by atoms with Gasteiger partial charge in [-0.05, 0) is 36.2 Å². The molecule has 7 nitrogen and oxygen atoms in total. The minimum atomic E-state index is -0.660. The molecule has 178 valence electrons. The van der Waals surface area contributed by atoms with Crippen LogP contribution < -0.4 is 19.8 Å². The summed E-state index contributed by atoms with van der Waals surface area (Å²) >= 11 is 1.28. The molecule has 3 heterocycles. The van der Waals surface area contributed by atoms with Crippen molar-refractivity contribution < 1.29 is 13.9 Å². The molecule has 5 rings (SSSR count). The molecule has 0 bridgehead atoms. The van der Waals surface area contributed by atoms with E-state index in [0.29, 0.717) is 32.2 Å². The summed E-state index contributed by atoms with van der Waals surface area (Å²) in [7, 11) is 3.78. The lowest BCUT2D eigenvalue weighted by Crippen LogP contribution is -2.40. The van der Waals surface area contributed by atoms with Gasteiger partial charge in [-0.3, -0.25) is 9.36 Å². The number of furan rings is 1. The highest BCUT2D eigenvalue weighted by Gasteiger charge is 2.34. The van der Waals surface area contributed by atoms with Crippen LogP contribution in [0.25, 0.3) is 16.8 Å². The van der Waals surface area contributed by atoms with E-state index in [0.717, 1.165) is 16.3 Å². The molecule has 0 fully saturated rings.